The maximum atomic E-state index is 13.4. The topological polar surface area (TPSA) is 4.93 Å². The Kier molecular flexibility index (Phi) is 1.83. The van der Waals surface area contributed by atoms with Gasteiger partial charge in [0.15, 0.2) is 5.82 Å². The Labute approximate surface area is 83.7 Å². The summed E-state index contributed by atoms with van der Waals surface area (Å²) in [5.74, 6) is -0.111. The largest absolute Gasteiger partial charge is 0.284 e. The lowest BCUT2D eigenvalue weighted by atomic mass is 10.2. The SMILES string of the molecule is Cc1c(F)c2ccccc2n1I. The predicted molar refractivity (Wildman–Crippen MR) is 56.1 cm³/mol. The fraction of sp³-hybridized carbons (Fsp3) is 0.111. The molecule has 2 aromatic rings. The lowest BCUT2D eigenvalue weighted by molar-refractivity contribution is 0.628. The minimum atomic E-state index is -0.111. The quantitative estimate of drug-likeness (QED) is 0.650. The van der Waals surface area contributed by atoms with Crippen LogP contribution in [0.25, 0.3) is 10.9 Å². The number of aromatic nitrogens is 1. The zero-order chi connectivity index (χ0) is 8.72. The summed E-state index contributed by atoms with van der Waals surface area (Å²) in [4.78, 5) is 0. The Balaban J connectivity index is 2.99. The number of hydrogen-bond donors (Lipinski definition) is 0. The van der Waals surface area contributed by atoms with Gasteiger partial charge in [-0.3, -0.25) is 2.78 Å². The van der Waals surface area contributed by atoms with Gasteiger partial charge in [0.25, 0.3) is 0 Å². The molecule has 62 valence electrons. The normalized spacial score (nSPS) is 10.9. The summed E-state index contributed by atoms with van der Waals surface area (Å²) in [7, 11) is 0. The van der Waals surface area contributed by atoms with E-state index in [0.717, 1.165) is 5.52 Å². The average molecular weight is 275 g/mol. The van der Waals surface area contributed by atoms with E-state index < -0.39 is 0 Å². The van der Waals surface area contributed by atoms with Crippen LogP contribution in [0.1, 0.15) is 5.69 Å². The summed E-state index contributed by atoms with van der Waals surface area (Å²) < 4.78 is 15.2. The number of fused-ring (bicyclic) bond motifs is 1. The molecule has 3 heteroatoms. The second-order valence-electron chi connectivity index (χ2n) is 2.70. The van der Waals surface area contributed by atoms with Gasteiger partial charge in [0, 0.05) is 5.39 Å². The van der Waals surface area contributed by atoms with Gasteiger partial charge in [-0.1, -0.05) is 12.1 Å². The summed E-state index contributed by atoms with van der Waals surface area (Å²) in [5.41, 5.74) is 1.62. The molecule has 12 heavy (non-hydrogen) atoms. The Bertz CT molecular complexity index is 394. The van der Waals surface area contributed by atoms with Crippen LogP contribution >= 0.6 is 22.9 Å². The fourth-order valence-electron chi connectivity index (χ4n) is 1.29. The first-order chi connectivity index (χ1) is 5.72. The molecular formula is C9H7FIN. The molecule has 0 N–H and O–H groups in total. The predicted octanol–water partition coefficient (Wildman–Crippen LogP) is 3.29. The number of halogens is 2. The van der Waals surface area contributed by atoms with Crippen LogP contribution in [-0.4, -0.2) is 2.78 Å². The van der Waals surface area contributed by atoms with Crippen LogP contribution in [-0.2, 0) is 0 Å². The Morgan fingerprint density at radius 3 is 2.67 bits per heavy atom. The first-order valence-corrected chi connectivity index (χ1v) is 4.60. The zero-order valence-corrected chi connectivity index (χ0v) is 8.67. The van der Waals surface area contributed by atoms with Gasteiger partial charge in [0.1, 0.15) is 0 Å². The standard InChI is InChI=1S/C9H7FIN/c1-6-9(10)7-4-2-3-5-8(7)12(6)11/h2-5H,1H3. The summed E-state index contributed by atoms with van der Waals surface area (Å²) in [6, 6.07) is 7.47. The van der Waals surface area contributed by atoms with Crippen molar-refractivity contribution in [3.63, 3.8) is 0 Å². The van der Waals surface area contributed by atoms with Crippen LogP contribution in [0, 0.1) is 12.7 Å². The van der Waals surface area contributed by atoms with Gasteiger partial charge in [-0.05, 0) is 19.1 Å². The van der Waals surface area contributed by atoms with Crippen molar-refractivity contribution in [1.29, 1.82) is 0 Å². The molecule has 0 amide bonds. The van der Waals surface area contributed by atoms with Gasteiger partial charge >= 0.3 is 0 Å². The van der Waals surface area contributed by atoms with Crippen molar-refractivity contribution < 1.29 is 4.39 Å². The monoisotopic (exact) mass is 275 g/mol. The Hall–Kier alpha value is -0.580. The lowest BCUT2D eigenvalue weighted by Crippen LogP contribution is -1.81. The van der Waals surface area contributed by atoms with E-state index in [1.165, 1.54) is 0 Å². The highest BCUT2D eigenvalue weighted by Gasteiger charge is 2.10. The van der Waals surface area contributed by atoms with E-state index in [2.05, 4.69) is 22.9 Å². The van der Waals surface area contributed by atoms with E-state index in [0.29, 0.717) is 11.1 Å². The minimum absolute atomic E-state index is 0.111. The molecule has 0 spiro atoms. The lowest BCUT2D eigenvalue weighted by Gasteiger charge is -1.92. The van der Waals surface area contributed by atoms with E-state index in [-0.39, 0.29) is 5.82 Å². The molecule has 0 bridgehead atoms. The van der Waals surface area contributed by atoms with Crippen molar-refractivity contribution in [3.8, 4) is 0 Å². The highest BCUT2D eigenvalue weighted by atomic mass is 127. The first kappa shape index (κ1) is 8.04. The molecule has 0 radical (unpaired) electrons. The number of nitrogens with zero attached hydrogens (tertiary/aromatic N) is 1. The van der Waals surface area contributed by atoms with Gasteiger partial charge in [-0.15, -0.1) is 0 Å². The summed E-state index contributed by atoms with van der Waals surface area (Å²) >= 11 is 2.10. The molecule has 0 aliphatic carbocycles. The maximum absolute atomic E-state index is 13.4. The van der Waals surface area contributed by atoms with Gasteiger partial charge in [0.05, 0.1) is 34.1 Å². The zero-order valence-electron chi connectivity index (χ0n) is 6.51. The highest BCUT2D eigenvalue weighted by Crippen LogP contribution is 2.25. The second-order valence-corrected chi connectivity index (χ2v) is 3.66. The van der Waals surface area contributed by atoms with Gasteiger partial charge < -0.3 is 0 Å². The van der Waals surface area contributed by atoms with Crippen molar-refractivity contribution in [2.24, 2.45) is 0 Å². The molecule has 1 heterocycles. The molecule has 0 aliphatic rings. The number of hydrogen-bond acceptors (Lipinski definition) is 0. The van der Waals surface area contributed by atoms with Crippen LogP contribution in [0.2, 0.25) is 0 Å². The molecule has 1 aromatic carbocycles. The van der Waals surface area contributed by atoms with E-state index in [1.807, 2.05) is 21.0 Å². The average Bonchev–Trinajstić information content (AvgIpc) is 2.33. The molecule has 1 nitrogen and oxygen atoms in total. The van der Waals surface area contributed by atoms with Crippen LogP contribution in [0.15, 0.2) is 24.3 Å². The van der Waals surface area contributed by atoms with Crippen LogP contribution in [0.5, 0.6) is 0 Å². The molecule has 0 saturated heterocycles. The molecular weight excluding hydrogens is 268 g/mol. The summed E-state index contributed by atoms with van der Waals surface area (Å²) in [5, 5.41) is 0.699. The third kappa shape index (κ3) is 0.957. The van der Waals surface area contributed by atoms with Crippen molar-refractivity contribution in [1.82, 2.24) is 2.78 Å². The molecule has 0 aliphatic heterocycles. The van der Waals surface area contributed by atoms with Gasteiger partial charge in [0.2, 0.25) is 0 Å². The second kappa shape index (κ2) is 2.73. The van der Waals surface area contributed by atoms with Crippen molar-refractivity contribution >= 4 is 33.8 Å². The highest BCUT2D eigenvalue weighted by molar-refractivity contribution is 14.1. The fourth-order valence-corrected chi connectivity index (χ4v) is 1.92. The molecule has 0 fully saturated rings. The van der Waals surface area contributed by atoms with Crippen LogP contribution in [0.4, 0.5) is 4.39 Å². The Morgan fingerprint density at radius 1 is 1.33 bits per heavy atom. The summed E-state index contributed by atoms with van der Waals surface area (Å²) in [6.45, 7) is 1.78. The van der Waals surface area contributed by atoms with Crippen molar-refractivity contribution in [2.45, 2.75) is 6.92 Å². The van der Waals surface area contributed by atoms with Crippen molar-refractivity contribution in [2.75, 3.05) is 0 Å². The molecule has 0 atom stereocenters. The number of benzene rings is 1. The molecule has 2 rings (SSSR count). The third-order valence-corrected chi connectivity index (χ3v) is 3.21. The van der Waals surface area contributed by atoms with Crippen LogP contribution < -0.4 is 0 Å². The van der Waals surface area contributed by atoms with E-state index >= 15 is 0 Å². The minimum Gasteiger partial charge on any atom is -0.284 e. The van der Waals surface area contributed by atoms with Crippen LogP contribution in [0.3, 0.4) is 0 Å². The Morgan fingerprint density at radius 2 is 2.00 bits per heavy atom. The first-order valence-electron chi connectivity index (χ1n) is 3.63. The number of para-hydroxylation sites is 1. The van der Waals surface area contributed by atoms with Gasteiger partial charge in [-0.2, -0.15) is 0 Å². The van der Waals surface area contributed by atoms with E-state index in [9.17, 15) is 4.39 Å². The molecule has 1 aromatic heterocycles. The third-order valence-electron chi connectivity index (χ3n) is 1.96. The molecule has 0 unspecified atom stereocenters. The molecule has 0 saturated carbocycles. The maximum Gasteiger partial charge on any atom is 0.152 e. The number of rotatable bonds is 0. The smallest absolute Gasteiger partial charge is 0.152 e. The van der Waals surface area contributed by atoms with E-state index in [1.54, 1.807) is 13.0 Å². The van der Waals surface area contributed by atoms with Gasteiger partial charge in [-0.25, -0.2) is 4.39 Å². The van der Waals surface area contributed by atoms with E-state index in [4.69, 9.17) is 0 Å². The van der Waals surface area contributed by atoms with Crippen molar-refractivity contribution in [3.05, 3.63) is 35.8 Å². The summed E-state index contributed by atoms with van der Waals surface area (Å²) in [6.07, 6.45) is 0.